The molecule has 5 aliphatic rings. The third kappa shape index (κ3) is 5.11. The molecule has 3 heteroatoms. The summed E-state index contributed by atoms with van der Waals surface area (Å²) >= 11 is 0. The first-order valence-corrected chi connectivity index (χ1v) is 24.1. The summed E-state index contributed by atoms with van der Waals surface area (Å²) < 4.78 is 13.7. The van der Waals surface area contributed by atoms with Gasteiger partial charge in [0.25, 0.3) is 0 Å². The Bertz CT molecular complexity index is 3850. The molecule has 0 saturated carbocycles. The van der Waals surface area contributed by atoms with Crippen molar-refractivity contribution in [1.82, 2.24) is 0 Å². The highest BCUT2D eigenvalue weighted by Gasteiger charge is 2.54. The zero-order valence-corrected chi connectivity index (χ0v) is 37.7. The van der Waals surface area contributed by atoms with Crippen LogP contribution >= 0.6 is 0 Å². The van der Waals surface area contributed by atoms with Gasteiger partial charge in [-0.1, -0.05) is 182 Å². The van der Waals surface area contributed by atoms with E-state index in [1.165, 1.54) is 61.0 Å². The summed E-state index contributed by atoms with van der Waals surface area (Å²) in [7, 11) is 0. The third-order valence-corrected chi connectivity index (χ3v) is 15.6. The second kappa shape index (κ2) is 14.4. The summed E-state index contributed by atoms with van der Waals surface area (Å²) in [4.78, 5) is 2.56. The van der Waals surface area contributed by atoms with Gasteiger partial charge >= 0.3 is 0 Å². The molecule has 0 aromatic heterocycles. The summed E-state index contributed by atoms with van der Waals surface area (Å²) in [6.45, 7) is 0. The van der Waals surface area contributed by atoms with Crippen molar-refractivity contribution < 1.29 is 9.47 Å². The zero-order chi connectivity index (χ0) is 45.3. The number of allylic oxidation sites excluding steroid dienone is 4. The number of benzene rings is 10. The van der Waals surface area contributed by atoms with Gasteiger partial charge in [-0.15, -0.1) is 0 Å². The van der Waals surface area contributed by atoms with Crippen LogP contribution in [-0.4, -0.2) is 0 Å². The fourth-order valence-corrected chi connectivity index (χ4v) is 12.9. The predicted molar refractivity (Wildman–Crippen MR) is 280 cm³/mol. The van der Waals surface area contributed by atoms with Gasteiger partial charge in [0.1, 0.15) is 23.0 Å². The predicted octanol–water partition coefficient (Wildman–Crippen LogP) is 17.0. The Morgan fingerprint density at radius 1 is 0.348 bits per heavy atom. The Morgan fingerprint density at radius 2 is 0.870 bits per heavy atom. The van der Waals surface area contributed by atoms with E-state index in [0.29, 0.717) is 0 Å². The van der Waals surface area contributed by atoms with E-state index in [4.69, 9.17) is 9.47 Å². The van der Waals surface area contributed by atoms with Crippen molar-refractivity contribution in [3.05, 3.63) is 287 Å². The minimum absolute atomic E-state index is 0.624. The first-order chi connectivity index (χ1) is 34.2. The van der Waals surface area contributed by atoms with Crippen molar-refractivity contribution >= 4 is 33.4 Å². The Kier molecular flexibility index (Phi) is 8.04. The summed E-state index contributed by atoms with van der Waals surface area (Å²) in [6, 6.07) is 80.6. The largest absolute Gasteiger partial charge is 0.457 e. The highest BCUT2D eigenvalue weighted by atomic mass is 16.5. The fourth-order valence-electron chi connectivity index (χ4n) is 12.9. The van der Waals surface area contributed by atoms with Gasteiger partial charge < -0.3 is 14.4 Å². The highest BCUT2D eigenvalue weighted by molar-refractivity contribution is 6.02. The van der Waals surface area contributed by atoms with Crippen LogP contribution in [0.5, 0.6) is 23.0 Å². The molecule has 2 heterocycles. The molecule has 1 atom stereocenters. The number of nitrogens with zero attached hydrogens (tertiary/aromatic N) is 1. The normalized spacial score (nSPS) is 16.7. The maximum atomic E-state index is 6.94. The smallest absolute Gasteiger partial charge is 0.132 e. The van der Waals surface area contributed by atoms with Gasteiger partial charge in [-0.05, 0) is 123 Å². The molecule has 0 bridgehead atoms. The van der Waals surface area contributed by atoms with Crippen LogP contribution in [0, 0.1) is 0 Å². The summed E-state index contributed by atoms with van der Waals surface area (Å²) in [5, 5.41) is 2.35. The minimum atomic E-state index is -0.658. The lowest BCUT2D eigenvalue weighted by atomic mass is 9.66. The topological polar surface area (TPSA) is 21.7 Å². The number of para-hydroxylation sites is 4. The van der Waals surface area contributed by atoms with Crippen LogP contribution in [0.4, 0.5) is 17.1 Å². The molecular weight excluding hydrogens is 839 g/mol. The number of fused-ring (bicyclic) bond motifs is 19. The number of ether oxygens (including phenoxy) is 2. The quantitative estimate of drug-likeness (QED) is 0.176. The molecule has 0 fully saturated rings. The SMILES string of the molecule is C1=CC(c2ccccc2N(c2ccc3c(c2)C2(c4ccccc4Oc4ccccc42)c2ccccc2-3)c2cccc3c2-c2ccccc2C32c3ccccc3Oc3cc4ccccc4cc32)=CCC1. The van der Waals surface area contributed by atoms with Gasteiger partial charge in [-0.2, -0.15) is 0 Å². The molecule has 0 N–H and O–H groups in total. The van der Waals surface area contributed by atoms with Crippen LogP contribution in [0.2, 0.25) is 0 Å². The van der Waals surface area contributed by atoms with Crippen LogP contribution < -0.4 is 14.4 Å². The molecule has 15 rings (SSSR count). The Morgan fingerprint density at radius 3 is 1.57 bits per heavy atom. The molecule has 10 aromatic carbocycles. The maximum Gasteiger partial charge on any atom is 0.132 e. The standard InChI is InChI=1S/C66H43NO2/c1-2-19-42(20-3-1)46-23-8-14-32-58(46)67(45-37-38-48-47-24-6-9-26-50(47)65(56(48)41-45)52-28-11-15-34-60(52)68-61-35-16-12-29-53(61)65)59-33-18-31-55-64(59)49-25-7-10-27-51(49)66(55)54-30-13-17-36-62(54)69-63-40-44-22-5-4-21-43(44)39-57(63)66/h2,4-41H,1,3H2. The van der Waals surface area contributed by atoms with Crippen molar-refractivity contribution in [2.24, 2.45) is 0 Å². The first-order valence-electron chi connectivity index (χ1n) is 24.1. The Balaban J connectivity index is 1.05. The molecule has 69 heavy (non-hydrogen) atoms. The monoisotopic (exact) mass is 881 g/mol. The highest BCUT2D eigenvalue weighted by Crippen LogP contribution is 2.66. The van der Waals surface area contributed by atoms with Crippen LogP contribution in [0.3, 0.4) is 0 Å². The van der Waals surface area contributed by atoms with Crippen LogP contribution in [-0.2, 0) is 10.8 Å². The van der Waals surface area contributed by atoms with Gasteiger partial charge in [0.05, 0.1) is 22.2 Å². The third-order valence-electron chi connectivity index (χ3n) is 15.6. The van der Waals surface area contributed by atoms with Crippen molar-refractivity contribution in [3.63, 3.8) is 0 Å². The van der Waals surface area contributed by atoms with E-state index >= 15 is 0 Å². The van der Waals surface area contributed by atoms with Crippen molar-refractivity contribution in [3.8, 4) is 45.3 Å². The summed E-state index contributed by atoms with van der Waals surface area (Å²) in [6.07, 6.45) is 9.08. The molecule has 1 unspecified atom stereocenters. The maximum absolute atomic E-state index is 6.94. The van der Waals surface area contributed by atoms with Gasteiger partial charge in [0, 0.05) is 39.1 Å². The van der Waals surface area contributed by atoms with E-state index in [1.807, 2.05) is 0 Å². The fraction of sp³-hybridized carbons (Fsp3) is 0.0606. The van der Waals surface area contributed by atoms with Crippen LogP contribution in [0.25, 0.3) is 38.6 Å². The van der Waals surface area contributed by atoms with E-state index < -0.39 is 10.8 Å². The average molecular weight is 882 g/mol. The Hall–Kier alpha value is -8.66. The van der Waals surface area contributed by atoms with Crippen LogP contribution in [0.1, 0.15) is 62.9 Å². The zero-order valence-electron chi connectivity index (χ0n) is 37.7. The molecule has 324 valence electrons. The van der Waals surface area contributed by atoms with Gasteiger partial charge in [0.15, 0.2) is 0 Å². The average Bonchev–Trinajstić information content (AvgIpc) is 3.87. The molecule has 2 aliphatic heterocycles. The number of anilines is 3. The molecule has 0 amide bonds. The molecule has 10 aromatic rings. The van der Waals surface area contributed by atoms with Gasteiger partial charge in [-0.3, -0.25) is 0 Å². The van der Waals surface area contributed by atoms with Crippen molar-refractivity contribution in [1.29, 1.82) is 0 Å². The molecule has 0 saturated heterocycles. The molecule has 0 radical (unpaired) electrons. The van der Waals surface area contributed by atoms with Gasteiger partial charge in [0.2, 0.25) is 0 Å². The lowest BCUT2D eigenvalue weighted by Crippen LogP contribution is -2.32. The molecule has 3 aliphatic carbocycles. The van der Waals surface area contributed by atoms with Crippen molar-refractivity contribution in [2.75, 3.05) is 4.90 Å². The first kappa shape index (κ1) is 38.4. The van der Waals surface area contributed by atoms with E-state index in [0.717, 1.165) is 80.5 Å². The van der Waals surface area contributed by atoms with Crippen molar-refractivity contribution in [2.45, 2.75) is 23.7 Å². The van der Waals surface area contributed by atoms with E-state index in [1.54, 1.807) is 0 Å². The second-order valence-electron chi connectivity index (χ2n) is 18.9. The van der Waals surface area contributed by atoms with Crippen LogP contribution in [0.15, 0.2) is 237 Å². The molecule has 2 spiro atoms. The minimum Gasteiger partial charge on any atom is -0.457 e. The summed E-state index contributed by atoms with van der Waals surface area (Å²) in [5.41, 5.74) is 19.0. The van der Waals surface area contributed by atoms with E-state index in [2.05, 4.69) is 242 Å². The van der Waals surface area contributed by atoms with E-state index in [9.17, 15) is 0 Å². The lowest BCUT2D eigenvalue weighted by molar-refractivity contribution is 0.436. The summed E-state index contributed by atoms with van der Waals surface area (Å²) in [5.74, 6) is 3.54. The Labute approximate surface area is 401 Å². The lowest BCUT2D eigenvalue weighted by Gasteiger charge is -2.40. The second-order valence-corrected chi connectivity index (χ2v) is 18.9. The number of rotatable bonds is 4. The molecular formula is C66H43NO2. The van der Waals surface area contributed by atoms with Gasteiger partial charge in [-0.25, -0.2) is 0 Å². The molecule has 3 nitrogen and oxygen atoms in total. The number of hydrogen-bond acceptors (Lipinski definition) is 3. The number of hydrogen-bond donors (Lipinski definition) is 0. The van der Waals surface area contributed by atoms with E-state index in [-0.39, 0.29) is 0 Å².